The molecule has 0 saturated carbocycles. The minimum Gasteiger partial charge on any atom is -0.412 e. The Morgan fingerprint density at radius 1 is 0.469 bits per heavy atom. The summed E-state index contributed by atoms with van der Waals surface area (Å²) in [6, 6.07) is 28.4. The van der Waals surface area contributed by atoms with Gasteiger partial charge in [0.15, 0.2) is 0 Å². The lowest BCUT2D eigenvalue weighted by atomic mass is 9.97. The van der Waals surface area contributed by atoms with Crippen LogP contribution in [0.3, 0.4) is 0 Å². The van der Waals surface area contributed by atoms with Gasteiger partial charge in [-0.1, -0.05) is 42.5 Å². The largest absolute Gasteiger partial charge is 0.413 e. The van der Waals surface area contributed by atoms with Crippen molar-refractivity contribution in [1.82, 2.24) is 0 Å². The van der Waals surface area contributed by atoms with Gasteiger partial charge in [0.25, 0.3) is 0 Å². The quantitative estimate of drug-likeness (QED) is 0.263. The van der Waals surface area contributed by atoms with Crippen LogP contribution in [0.25, 0.3) is 43.1 Å². The first-order chi connectivity index (χ1) is 15.8. The van der Waals surface area contributed by atoms with Crippen LogP contribution in [0.4, 0.5) is 0 Å². The van der Waals surface area contributed by atoms with Crippen molar-refractivity contribution in [3.8, 4) is 0 Å². The summed E-state index contributed by atoms with van der Waals surface area (Å²) in [5.41, 5.74) is 0. The van der Waals surface area contributed by atoms with Gasteiger partial charge in [-0.15, -0.1) is 0 Å². The summed E-state index contributed by atoms with van der Waals surface area (Å²) < 4.78 is 28.0. The molecule has 0 aromatic heterocycles. The molecule has 0 N–H and O–H groups in total. The molecule has 5 aromatic rings. The molecule has 9 radical (unpaired) electrons. The highest BCUT2D eigenvalue weighted by Gasteiger charge is 2.24. The van der Waals surface area contributed by atoms with E-state index in [9.17, 15) is 0 Å². The molecular formula is C22H13O5Si5. The maximum Gasteiger partial charge on any atom is 0.413 e. The summed E-state index contributed by atoms with van der Waals surface area (Å²) in [4.78, 5) is 0. The Kier molecular flexibility index (Phi) is 5.87. The number of hydrogen-bond acceptors (Lipinski definition) is 5. The zero-order valence-corrected chi connectivity index (χ0v) is 21.5. The summed E-state index contributed by atoms with van der Waals surface area (Å²) in [6.45, 7) is 0. The van der Waals surface area contributed by atoms with Gasteiger partial charge >= 0.3 is 49.3 Å². The first-order valence-electron chi connectivity index (χ1n) is 9.83. The molecule has 0 aliphatic carbocycles. The van der Waals surface area contributed by atoms with E-state index in [1.807, 2.05) is 0 Å². The van der Waals surface area contributed by atoms with E-state index in [1.165, 1.54) is 32.3 Å². The van der Waals surface area contributed by atoms with E-state index in [0.29, 0.717) is 0 Å². The van der Waals surface area contributed by atoms with Crippen molar-refractivity contribution in [3.05, 3.63) is 78.9 Å². The summed E-state index contributed by atoms with van der Waals surface area (Å²) in [5, 5.41) is 10.8. The lowest BCUT2D eigenvalue weighted by Crippen LogP contribution is -2.42. The third-order valence-corrected chi connectivity index (χ3v) is 10.4. The third kappa shape index (κ3) is 4.06. The molecule has 32 heavy (non-hydrogen) atoms. The summed E-state index contributed by atoms with van der Waals surface area (Å²) >= 11 is 0. The van der Waals surface area contributed by atoms with Gasteiger partial charge in [-0.3, -0.25) is 0 Å². The van der Waals surface area contributed by atoms with E-state index in [4.69, 9.17) is 20.6 Å². The highest BCUT2D eigenvalue weighted by Crippen LogP contribution is 2.30. The predicted octanol–water partition coefficient (Wildman–Crippen LogP) is 3.23. The SMILES string of the molecule is c1ccc2cc3cc4cc5c([Si]6O[Si]O[Si]O[Si]O[Si]O6)cccc5cc4cc3cc2c1. The smallest absolute Gasteiger partial charge is 0.412 e. The van der Waals surface area contributed by atoms with Gasteiger partial charge in [0.2, 0.25) is 0 Å². The van der Waals surface area contributed by atoms with Crippen LogP contribution in [0, 0.1) is 0 Å². The fourth-order valence-electron chi connectivity index (χ4n) is 3.99. The lowest BCUT2D eigenvalue weighted by molar-refractivity contribution is 0.339. The van der Waals surface area contributed by atoms with Crippen LogP contribution in [0.15, 0.2) is 78.9 Å². The van der Waals surface area contributed by atoms with Gasteiger partial charge in [-0.2, -0.15) is 0 Å². The topological polar surface area (TPSA) is 46.2 Å². The van der Waals surface area contributed by atoms with Crippen molar-refractivity contribution in [2.24, 2.45) is 0 Å². The van der Waals surface area contributed by atoms with Gasteiger partial charge in [-0.25, -0.2) is 0 Å². The first-order valence-corrected chi connectivity index (χ1v) is 14.4. The van der Waals surface area contributed by atoms with Crippen molar-refractivity contribution in [2.75, 3.05) is 0 Å². The molecule has 0 amide bonds. The minimum atomic E-state index is -1.76. The molecule has 5 aromatic carbocycles. The molecule has 151 valence electrons. The van der Waals surface area contributed by atoms with E-state index in [-0.39, 0.29) is 40.0 Å². The Morgan fingerprint density at radius 3 is 1.62 bits per heavy atom. The maximum atomic E-state index is 5.99. The molecule has 1 fully saturated rings. The molecule has 0 spiro atoms. The summed E-state index contributed by atoms with van der Waals surface area (Å²) in [7, 11) is -2.16. The third-order valence-electron chi connectivity index (χ3n) is 5.40. The van der Waals surface area contributed by atoms with Gasteiger partial charge in [0, 0.05) is 5.19 Å². The second-order valence-electron chi connectivity index (χ2n) is 7.26. The van der Waals surface area contributed by atoms with Crippen LogP contribution in [-0.4, -0.2) is 49.3 Å². The predicted molar refractivity (Wildman–Crippen MR) is 130 cm³/mol. The molecule has 1 aliphatic heterocycles. The number of fused-ring (bicyclic) bond motifs is 4. The van der Waals surface area contributed by atoms with Crippen LogP contribution in [0.5, 0.6) is 0 Å². The first kappa shape index (κ1) is 20.6. The van der Waals surface area contributed by atoms with Crippen molar-refractivity contribution in [3.63, 3.8) is 0 Å². The second-order valence-corrected chi connectivity index (χ2v) is 13.1. The Hall–Kier alpha value is -1.98. The second kappa shape index (κ2) is 9.11. The van der Waals surface area contributed by atoms with E-state index in [2.05, 4.69) is 78.9 Å². The molecule has 0 bridgehead atoms. The monoisotopic (exact) mass is 497 g/mol. The highest BCUT2D eigenvalue weighted by atomic mass is 28.4. The standard InChI is InChI=1S/C22H13O5Si5/c1-2-5-15-9-18-12-20-13-21-16(10-19(20)11-17(18)8-14(15)4-1)6-3-7-22(21)32-26-30-24-28-23-29-25-31-27-32/h1-13H. The molecule has 0 atom stereocenters. The fourth-order valence-corrected chi connectivity index (χ4v) is 9.26. The summed E-state index contributed by atoms with van der Waals surface area (Å²) in [5.74, 6) is 0. The molecule has 1 aliphatic rings. The number of hydrogen-bond donors (Lipinski definition) is 0. The van der Waals surface area contributed by atoms with Crippen LogP contribution in [0.1, 0.15) is 0 Å². The van der Waals surface area contributed by atoms with Crippen molar-refractivity contribution < 1.29 is 20.6 Å². The molecule has 1 heterocycles. The molecule has 6 rings (SSSR count). The Balaban J connectivity index is 1.48. The Labute approximate surface area is 196 Å². The van der Waals surface area contributed by atoms with Gasteiger partial charge in [-0.05, 0) is 79.5 Å². The van der Waals surface area contributed by atoms with Crippen LogP contribution < -0.4 is 5.19 Å². The summed E-state index contributed by atoms with van der Waals surface area (Å²) in [6.07, 6.45) is 0. The van der Waals surface area contributed by atoms with E-state index < -0.39 is 9.28 Å². The van der Waals surface area contributed by atoms with E-state index in [1.54, 1.807) is 0 Å². The van der Waals surface area contributed by atoms with Crippen molar-refractivity contribution in [1.29, 1.82) is 0 Å². The van der Waals surface area contributed by atoms with Crippen molar-refractivity contribution >= 4 is 97.6 Å². The molecule has 5 nitrogen and oxygen atoms in total. The van der Waals surface area contributed by atoms with Gasteiger partial charge in [0.05, 0.1) is 0 Å². The van der Waals surface area contributed by atoms with E-state index in [0.717, 1.165) is 16.0 Å². The normalized spacial score (nSPS) is 16.8. The minimum absolute atomic E-state index is 0.0785. The maximum absolute atomic E-state index is 5.99. The average Bonchev–Trinajstić information content (AvgIpc) is 2.83. The average molecular weight is 498 g/mol. The zero-order valence-electron chi connectivity index (χ0n) is 16.5. The lowest BCUT2D eigenvalue weighted by Gasteiger charge is -2.18. The number of benzene rings is 5. The van der Waals surface area contributed by atoms with E-state index >= 15 is 0 Å². The van der Waals surface area contributed by atoms with Gasteiger partial charge < -0.3 is 20.6 Å². The van der Waals surface area contributed by atoms with Crippen LogP contribution in [-0.2, 0) is 20.6 Å². The molecule has 10 heteroatoms. The Bertz CT molecular complexity index is 1440. The van der Waals surface area contributed by atoms with Crippen LogP contribution >= 0.6 is 0 Å². The highest BCUT2D eigenvalue weighted by molar-refractivity contribution is 6.72. The van der Waals surface area contributed by atoms with Crippen molar-refractivity contribution in [2.45, 2.75) is 0 Å². The zero-order chi connectivity index (χ0) is 21.3. The molecule has 1 saturated heterocycles. The van der Waals surface area contributed by atoms with Gasteiger partial charge in [0.1, 0.15) is 0 Å². The number of rotatable bonds is 1. The molecule has 0 unspecified atom stereocenters. The Morgan fingerprint density at radius 2 is 0.969 bits per heavy atom. The van der Waals surface area contributed by atoms with Crippen LogP contribution in [0.2, 0.25) is 0 Å². The molecular weight excluding hydrogens is 485 g/mol. The fraction of sp³-hybridized carbons (Fsp3) is 0.